The van der Waals surface area contributed by atoms with Crippen LogP contribution in [0.3, 0.4) is 0 Å². The number of amides is 1. The quantitative estimate of drug-likeness (QED) is 0.918. The van der Waals surface area contributed by atoms with Gasteiger partial charge in [0.15, 0.2) is 0 Å². The summed E-state index contributed by atoms with van der Waals surface area (Å²) in [4.78, 5) is 14.3. The van der Waals surface area contributed by atoms with Crippen molar-refractivity contribution in [2.45, 2.75) is 6.10 Å². The normalized spacial score (nSPS) is 17.9. The van der Waals surface area contributed by atoms with Crippen LogP contribution in [0.1, 0.15) is 10.4 Å². The van der Waals surface area contributed by atoms with Gasteiger partial charge < -0.3 is 15.4 Å². The van der Waals surface area contributed by atoms with Gasteiger partial charge in [0.2, 0.25) is 0 Å². The van der Waals surface area contributed by atoms with Crippen molar-refractivity contribution in [1.29, 1.82) is 0 Å². The van der Waals surface area contributed by atoms with Crippen molar-refractivity contribution in [2.75, 3.05) is 26.2 Å². The zero-order valence-electron chi connectivity index (χ0n) is 12.1. The van der Waals surface area contributed by atoms with Gasteiger partial charge in [0.25, 0.3) is 5.91 Å². The number of hydrogen-bond acceptors (Lipinski definition) is 4. The van der Waals surface area contributed by atoms with Crippen LogP contribution in [0.25, 0.3) is 5.69 Å². The number of benzene rings is 1. The van der Waals surface area contributed by atoms with E-state index in [1.54, 1.807) is 22.0 Å². The van der Waals surface area contributed by atoms with Crippen molar-refractivity contribution in [3.8, 4) is 5.69 Å². The van der Waals surface area contributed by atoms with Crippen LogP contribution < -0.4 is 5.73 Å². The molecule has 0 aliphatic carbocycles. The van der Waals surface area contributed by atoms with Crippen molar-refractivity contribution in [3.05, 3.63) is 48.3 Å². The molecule has 1 unspecified atom stereocenters. The summed E-state index contributed by atoms with van der Waals surface area (Å²) in [5.41, 5.74) is 7.11. The van der Waals surface area contributed by atoms with Crippen LogP contribution >= 0.6 is 12.4 Å². The van der Waals surface area contributed by atoms with Crippen molar-refractivity contribution < 1.29 is 9.53 Å². The molecule has 0 spiro atoms. The molecule has 0 radical (unpaired) electrons. The number of aromatic nitrogens is 2. The van der Waals surface area contributed by atoms with Crippen LogP contribution in [0, 0.1) is 0 Å². The average molecular weight is 323 g/mol. The molecular formula is C15H19ClN4O2. The van der Waals surface area contributed by atoms with E-state index >= 15 is 0 Å². The second-order valence-electron chi connectivity index (χ2n) is 4.99. The maximum Gasteiger partial charge on any atom is 0.257 e. The highest BCUT2D eigenvalue weighted by Crippen LogP contribution is 2.12. The number of ether oxygens (including phenoxy) is 1. The summed E-state index contributed by atoms with van der Waals surface area (Å²) < 4.78 is 7.18. The van der Waals surface area contributed by atoms with Gasteiger partial charge in [0.1, 0.15) is 0 Å². The van der Waals surface area contributed by atoms with Crippen molar-refractivity contribution in [1.82, 2.24) is 14.7 Å². The Balaban J connectivity index is 0.00000176. The number of carbonyl (C=O) groups is 1. The standard InChI is InChI=1S/C15H18N4O2.ClH/c16-8-14-11-18(6-7-21-14)15(20)12-9-17-19(10-12)13-4-2-1-3-5-13;/h1-5,9-10,14H,6-8,11,16H2;1H. The number of morpholine rings is 1. The number of rotatable bonds is 3. The van der Waals surface area contributed by atoms with Gasteiger partial charge in [-0.05, 0) is 12.1 Å². The summed E-state index contributed by atoms with van der Waals surface area (Å²) in [6.45, 7) is 2.07. The lowest BCUT2D eigenvalue weighted by Crippen LogP contribution is -2.48. The second kappa shape index (κ2) is 7.40. The lowest BCUT2D eigenvalue weighted by atomic mass is 10.2. The number of nitrogens with zero attached hydrogens (tertiary/aromatic N) is 3. The van der Waals surface area contributed by atoms with Crippen molar-refractivity contribution >= 4 is 18.3 Å². The molecule has 1 atom stereocenters. The summed E-state index contributed by atoms with van der Waals surface area (Å²) in [6.07, 6.45) is 3.28. The predicted molar refractivity (Wildman–Crippen MR) is 85.5 cm³/mol. The molecule has 22 heavy (non-hydrogen) atoms. The lowest BCUT2D eigenvalue weighted by molar-refractivity contribution is -0.0167. The molecule has 118 valence electrons. The molecule has 7 heteroatoms. The van der Waals surface area contributed by atoms with Crippen molar-refractivity contribution in [3.63, 3.8) is 0 Å². The number of para-hydroxylation sites is 1. The Morgan fingerprint density at radius 3 is 2.86 bits per heavy atom. The second-order valence-corrected chi connectivity index (χ2v) is 4.99. The largest absolute Gasteiger partial charge is 0.373 e. The average Bonchev–Trinajstić information content (AvgIpc) is 3.05. The number of nitrogens with two attached hydrogens (primary N) is 1. The van der Waals surface area contributed by atoms with Gasteiger partial charge in [0.05, 0.1) is 30.2 Å². The third-order valence-corrected chi connectivity index (χ3v) is 3.54. The Kier molecular flexibility index (Phi) is 5.54. The highest BCUT2D eigenvalue weighted by Gasteiger charge is 2.25. The Hall–Kier alpha value is -1.89. The summed E-state index contributed by atoms with van der Waals surface area (Å²) in [5.74, 6) is -0.0288. The topological polar surface area (TPSA) is 73.4 Å². The van der Waals surface area contributed by atoms with E-state index < -0.39 is 0 Å². The molecule has 2 aromatic rings. The van der Waals surface area contributed by atoms with Crippen LogP contribution in [-0.4, -0.2) is 52.9 Å². The molecule has 1 aromatic heterocycles. The molecule has 6 nitrogen and oxygen atoms in total. The minimum Gasteiger partial charge on any atom is -0.373 e. The molecule has 1 aromatic carbocycles. The Labute approximate surface area is 135 Å². The fourth-order valence-corrected chi connectivity index (χ4v) is 2.38. The summed E-state index contributed by atoms with van der Waals surface area (Å²) in [7, 11) is 0. The van der Waals surface area contributed by atoms with E-state index in [1.165, 1.54) is 0 Å². The molecule has 1 amide bonds. The molecule has 0 bridgehead atoms. The molecule has 1 fully saturated rings. The van der Waals surface area contributed by atoms with E-state index in [-0.39, 0.29) is 24.4 Å². The molecule has 1 saturated heterocycles. The Bertz CT molecular complexity index is 617. The smallest absolute Gasteiger partial charge is 0.257 e. The fourth-order valence-electron chi connectivity index (χ4n) is 2.38. The van der Waals surface area contributed by atoms with E-state index in [9.17, 15) is 4.79 Å². The van der Waals surface area contributed by atoms with Crippen LogP contribution in [0.5, 0.6) is 0 Å². The first-order valence-electron chi connectivity index (χ1n) is 6.99. The SMILES string of the molecule is Cl.NCC1CN(C(=O)c2cnn(-c3ccccc3)c2)CCO1. The third-order valence-electron chi connectivity index (χ3n) is 3.54. The van der Waals surface area contributed by atoms with Gasteiger partial charge in [-0.3, -0.25) is 4.79 Å². The maximum absolute atomic E-state index is 12.5. The Morgan fingerprint density at radius 2 is 2.14 bits per heavy atom. The fraction of sp³-hybridized carbons (Fsp3) is 0.333. The molecular weight excluding hydrogens is 304 g/mol. The third kappa shape index (κ3) is 3.47. The zero-order valence-corrected chi connectivity index (χ0v) is 12.9. The molecule has 0 saturated carbocycles. The molecule has 2 N–H and O–H groups in total. The molecule has 1 aliphatic heterocycles. The van der Waals surface area contributed by atoms with E-state index in [1.807, 2.05) is 30.3 Å². The highest BCUT2D eigenvalue weighted by atomic mass is 35.5. The molecule has 1 aliphatic rings. The van der Waals surface area contributed by atoms with E-state index in [4.69, 9.17) is 10.5 Å². The highest BCUT2D eigenvalue weighted by molar-refractivity contribution is 5.93. The van der Waals surface area contributed by atoms with E-state index in [0.717, 1.165) is 5.69 Å². The van der Waals surface area contributed by atoms with Gasteiger partial charge in [-0.1, -0.05) is 18.2 Å². The predicted octanol–water partition coefficient (Wildman–Crippen LogP) is 1.09. The van der Waals surface area contributed by atoms with Crippen molar-refractivity contribution in [2.24, 2.45) is 5.73 Å². The van der Waals surface area contributed by atoms with Crippen LogP contribution in [0.15, 0.2) is 42.7 Å². The first-order valence-corrected chi connectivity index (χ1v) is 6.99. The minimum atomic E-state index is -0.0770. The van der Waals surface area contributed by atoms with Gasteiger partial charge >= 0.3 is 0 Å². The summed E-state index contributed by atoms with van der Waals surface area (Å²) in [5, 5.41) is 4.25. The van der Waals surface area contributed by atoms with Crippen LogP contribution in [-0.2, 0) is 4.74 Å². The van der Waals surface area contributed by atoms with Crippen LogP contribution in [0.4, 0.5) is 0 Å². The van der Waals surface area contributed by atoms with Gasteiger partial charge in [-0.2, -0.15) is 5.10 Å². The number of halogens is 1. The van der Waals surface area contributed by atoms with E-state index in [2.05, 4.69) is 5.10 Å². The van der Waals surface area contributed by atoms with Gasteiger partial charge in [0, 0.05) is 25.8 Å². The maximum atomic E-state index is 12.5. The monoisotopic (exact) mass is 322 g/mol. The Morgan fingerprint density at radius 1 is 1.36 bits per heavy atom. The van der Waals surface area contributed by atoms with E-state index in [0.29, 0.717) is 31.8 Å². The zero-order chi connectivity index (χ0) is 14.7. The van der Waals surface area contributed by atoms with Crippen LogP contribution in [0.2, 0.25) is 0 Å². The molecule has 2 heterocycles. The number of carbonyl (C=O) groups excluding carboxylic acids is 1. The first-order chi connectivity index (χ1) is 10.3. The lowest BCUT2D eigenvalue weighted by Gasteiger charge is -2.32. The summed E-state index contributed by atoms with van der Waals surface area (Å²) >= 11 is 0. The van der Waals surface area contributed by atoms with Gasteiger partial charge in [-0.25, -0.2) is 4.68 Å². The summed E-state index contributed by atoms with van der Waals surface area (Å²) in [6, 6.07) is 9.71. The first kappa shape index (κ1) is 16.5. The minimum absolute atomic E-state index is 0. The molecule has 3 rings (SSSR count). The number of hydrogen-bond donors (Lipinski definition) is 1. The van der Waals surface area contributed by atoms with Gasteiger partial charge in [-0.15, -0.1) is 12.4 Å².